The van der Waals surface area contributed by atoms with Gasteiger partial charge in [0, 0.05) is 26.9 Å². The van der Waals surface area contributed by atoms with Crippen molar-refractivity contribution in [1.29, 1.82) is 0 Å². The van der Waals surface area contributed by atoms with Crippen LogP contribution in [0.3, 0.4) is 0 Å². The van der Waals surface area contributed by atoms with E-state index in [9.17, 15) is 0 Å². The highest BCUT2D eigenvalue weighted by atomic mass is 35.5. The van der Waals surface area contributed by atoms with E-state index >= 15 is 0 Å². The number of halogens is 1. The first-order valence-corrected chi connectivity index (χ1v) is 8.27. The van der Waals surface area contributed by atoms with Crippen LogP contribution in [-0.2, 0) is 24.5 Å². The number of nitrogens with one attached hydrogen (secondary N) is 1. The van der Waals surface area contributed by atoms with Crippen molar-refractivity contribution in [2.75, 3.05) is 0 Å². The lowest BCUT2D eigenvalue weighted by Gasteiger charge is -2.19. The van der Waals surface area contributed by atoms with E-state index in [-0.39, 0.29) is 5.54 Å². The van der Waals surface area contributed by atoms with Crippen LogP contribution >= 0.6 is 22.9 Å². The molecule has 21 heavy (non-hydrogen) atoms. The van der Waals surface area contributed by atoms with Crippen LogP contribution < -0.4 is 5.32 Å². The summed E-state index contributed by atoms with van der Waals surface area (Å²) in [5.41, 5.74) is 1.29. The monoisotopic (exact) mass is 323 g/mol. The highest BCUT2D eigenvalue weighted by Crippen LogP contribution is 2.19. The molecule has 0 amide bonds. The van der Waals surface area contributed by atoms with Crippen molar-refractivity contribution in [1.82, 2.24) is 5.32 Å². The van der Waals surface area contributed by atoms with Crippen molar-refractivity contribution in [3.63, 3.8) is 0 Å². The first kappa shape index (κ1) is 16.5. The second-order valence-electron chi connectivity index (χ2n) is 6.09. The molecule has 4 heteroatoms. The van der Waals surface area contributed by atoms with Crippen LogP contribution in [0.5, 0.6) is 0 Å². The molecule has 0 spiro atoms. The van der Waals surface area contributed by atoms with Gasteiger partial charge in [0.15, 0.2) is 0 Å². The fraction of sp³-hybridized carbons (Fsp3) is 0.412. The van der Waals surface area contributed by atoms with Crippen LogP contribution in [0, 0.1) is 0 Å². The lowest BCUT2D eigenvalue weighted by molar-refractivity contribution is 0.109. The van der Waals surface area contributed by atoms with E-state index in [1.165, 1.54) is 9.75 Å². The molecule has 0 unspecified atom stereocenters. The van der Waals surface area contributed by atoms with Gasteiger partial charge in [0.25, 0.3) is 0 Å². The Balaban J connectivity index is 1.76. The quantitative estimate of drug-likeness (QED) is 0.807. The molecule has 0 aliphatic carbocycles. The van der Waals surface area contributed by atoms with Gasteiger partial charge in [-0.2, -0.15) is 0 Å². The average molecular weight is 324 g/mol. The van der Waals surface area contributed by atoms with Gasteiger partial charge in [-0.3, -0.25) is 0 Å². The van der Waals surface area contributed by atoms with Crippen molar-refractivity contribution >= 4 is 22.9 Å². The molecule has 1 N–H and O–H groups in total. The third-order valence-electron chi connectivity index (χ3n) is 2.94. The van der Waals surface area contributed by atoms with Crippen LogP contribution in [0.4, 0.5) is 0 Å². The standard InChI is InChI=1S/C17H22ClNOS/c1-17(2,3)19-10-15-8-9-16(21-15)12-20-11-13-4-6-14(18)7-5-13/h4-9,19H,10-12H2,1-3H3. The maximum Gasteiger partial charge on any atom is 0.0814 e. The Bertz CT molecular complexity index is 557. The summed E-state index contributed by atoms with van der Waals surface area (Å²) in [6, 6.07) is 12.1. The summed E-state index contributed by atoms with van der Waals surface area (Å²) in [6.45, 7) is 8.71. The number of thiophene rings is 1. The average Bonchev–Trinajstić information content (AvgIpc) is 2.86. The molecule has 1 aromatic carbocycles. The molecule has 1 heterocycles. The van der Waals surface area contributed by atoms with Gasteiger partial charge in [0.1, 0.15) is 0 Å². The van der Waals surface area contributed by atoms with Gasteiger partial charge in [-0.05, 0) is 50.6 Å². The summed E-state index contributed by atoms with van der Waals surface area (Å²) in [6.07, 6.45) is 0. The van der Waals surface area contributed by atoms with Crippen LogP contribution in [-0.4, -0.2) is 5.54 Å². The molecule has 2 rings (SSSR count). The topological polar surface area (TPSA) is 21.3 Å². The maximum absolute atomic E-state index is 5.86. The number of ether oxygens (including phenoxy) is 1. The zero-order chi connectivity index (χ0) is 15.3. The summed E-state index contributed by atoms with van der Waals surface area (Å²) in [5, 5.41) is 4.25. The van der Waals surface area contributed by atoms with Crippen LogP contribution in [0.2, 0.25) is 5.02 Å². The summed E-state index contributed by atoms with van der Waals surface area (Å²) in [5.74, 6) is 0. The van der Waals surface area contributed by atoms with E-state index in [1.54, 1.807) is 11.3 Å². The van der Waals surface area contributed by atoms with Gasteiger partial charge < -0.3 is 10.1 Å². The van der Waals surface area contributed by atoms with Gasteiger partial charge in [-0.15, -0.1) is 11.3 Å². The molecule has 2 nitrogen and oxygen atoms in total. The highest BCUT2D eigenvalue weighted by Gasteiger charge is 2.09. The van der Waals surface area contributed by atoms with E-state index < -0.39 is 0 Å². The van der Waals surface area contributed by atoms with Crippen molar-refractivity contribution in [3.8, 4) is 0 Å². The molecule has 2 aromatic rings. The van der Waals surface area contributed by atoms with Crippen LogP contribution in [0.1, 0.15) is 36.1 Å². The third-order valence-corrected chi connectivity index (χ3v) is 4.25. The SMILES string of the molecule is CC(C)(C)NCc1ccc(COCc2ccc(Cl)cc2)s1. The van der Waals surface area contributed by atoms with Gasteiger partial charge in [0.2, 0.25) is 0 Å². The largest absolute Gasteiger partial charge is 0.371 e. The summed E-state index contributed by atoms with van der Waals surface area (Å²) >= 11 is 7.66. The van der Waals surface area contributed by atoms with Crippen LogP contribution in [0.25, 0.3) is 0 Å². The Morgan fingerprint density at radius 1 is 1.00 bits per heavy atom. The molecule has 0 aliphatic rings. The Hall–Kier alpha value is -0.870. The molecule has 0 saturated carbocycles. The van der Waals surface area contributed by atoms with E-state index in [0.717, 1.165) is 17.1 Å². The maximum atomic E-state index is 5.86. The fourth-order valence-electron chi connectivity index (χ4n) is 1.80. The zero-order valence-corrected chi connectivity index (χ0v) is 14.4. The van der Waals surface area contributed by atoms with E-state index in [2.05, 4.69) is 38.2 Å². The normalized spacial score (nSPS) is 11.8. The molecule has 0 bridgehead atoms. The number of hydrogen-bond donors (Lipinski definition) is 1. The lowest BCUT2D eigenvalue weighted by atomic mass is 10.1. The summed E-state index contributed by atoms with van der Waals surface area (Å²) in [7, 11) is 0. The highest BCUT2D eigenvalue weighted by molar-refractivity contribution is 7.11. The minimum absolute atomic E-state index is 0.148. The first-order valence-electron chi connectivity index (χ1n) is 7.07. The van der Waals surface area contributed by atoms with Gasteiger partial charge in [-0.1, -0.05) is 23.7 Å². The van der Waals surface area contributed by atoms with E-state index in [4.69, 9.17) is 16.3 Å². The van der Waals surface area contributed by atoms with Gasteiger partial charge in [0.05, 0.1) is 13.2 Å². The molecular formula is C17H22ClNOS. The number of benzene rings is 1. The molecule has 0 aliphatic heterocycles. The van der Waals surface area contributed by atoms with Crippen molar-refractivity contribution in [2.45, 2.75) is 46.1 Å². The molecule has 0 radical (unpaired) electrons. The summed E-state index contributed by atoms with van der Waals surface area (Å²) in [4.78, 5) is 2.60. The second-order valence-corrected chi connectivity index (χ2v) is 7.78. The Morgan fingerprint density at radius 3 is 2.33 bits per heavy atom. The predicted molar refractivity (Wildman–Crippen MR) is 90.9 cm³/mol. The minimum Gasteiger partial charge on any atom is -0.371 e. The molecule has 0 fully saturated rings. The Kier molecular flexibility index (Phi) is 5.82. The third kappa shape index (κ3) is 6.18. The zero-order valence-electron chi connectivity index (χ0n) is 12.8. The summed E-state index contributed by atoms with van der Waals surface area (Å²) < 4.78 is 5.75. The molecule has 114 valence electrons. The smallest absolute Gasteiger partial charge is 0.0814 e. The molecule has 0 saturated heterocycles. The number of hydrogen-bond acceptors (Lipinski definition) is 3. The first-order chi connectivity index (χ1) is 9.92. The van der Waals surface area contributed by atoms with E-state index in [1.807, 2.05) is 24.3 Å². The fourth-order valence-corrected chi connectivity index (χ4v) is 2.82. The van der Waals surface area contributed by atoms with Crippen molar-refractivity contribution < 1.29 is 4.74 Å². The minimum atomic E-state index is 0.148. The Labute approximate surface area is 136 Å². The lowest BCUT2D eigenvalue weighted by Crippen LogP contribution is -2.34. The second kappa shape index (κ2) is 7.41. The molecular weight excluding hydrogens is 302 g/mol. The molecule has 0 atom stereocenters. The van der Waals surface area contributed by atoms with Crippen molar-refractivity contribution in [2.24, 2.45) is 0 Å². The number of rotatable bonds is 6. The molecule has 1 aromatic heterocycles. The van der Waals surface area contributed by atoms with Crippen LogP contribution in [0.15, 0.2) is 36.4 Å². The van der Waals surface area contributed by atoms with Crippen molar-refractivity contribution in [3.05, 3.63) is 56.7 Å². The van der Waals surface area contributed by atoms with Gasteiger partial charge in [-0.25, -0.2) is 0 Å². The Morgan fingerprint density at radius 2 is 1.67 bits per heavy atom. The van der Waals surface area contributed by atoms with E-state index in [0.29, 0.717) is 13.2 Å². The van der Waals surface area contributed by atoms with Gasteiger partial charge >= 0.3 is 0 Å². The predicted octanol–water partition coefficient (Wildman–Crippen LogP) is 5.01.